The van der Waals surface area contributed by atoms with Crippen LogP contribution in [0.1, 0.15) is 17.5 Å². The van der Waals surface area contributed by atoms with Gasteiger partial charge in [0.15, 0.2) is 0 Å². The van der Waals surface area contributed by atoms with Gasteiger partial charge < -0.3 is 15.4 Å². The van der Waals surface area contributed by atoms with E-state index in [4.69, 9.17) is 5.73 Å². The van der Waals surface area contributed by atoms with Gasteiger partial charge in [-0.15, -0.1) is 0 Å². The SMILES string of the molecule is COC(=O)CN1C(=O)CCc2cc(CN)ccc21. The number of benzene rings is 1. The summed E-state index contributed by atoms with van der Waals surface area (Å²) in [4.78, 5) is 24.7. The minimum Gasteiger partial charge on any atom is -0.468 e. The van der Waals surface area contributed by atoms with Gasteiger partial charge in [0.05, 0.1) is 7.11 Å². The molecule has 1 aliphatic heterocycles. The average molecular weight is 248 g/mol. The van der Waals surface area contributed by atoms with Gasteiger partial charge >= 0.3 is 5.97 Å². The highest BCUT2D eigenvalue weighted by molar-refractivity contribution is 6.00. The largest absolute Gasteiger partial charge is 0.468 e. The van der Waals surface area contributed by atoms with Crippen LogP contribution in [-0.2, 0) is 27.3 Å². The lowest BCUT2D eigenvalue weighted by Crippen LogP contribution is -2.39. The fraction of sp³-hybridized carbons (Fsp3) is 0.385. The van der Waals surface area contributed by atoms with Crippen LogP contribution in [0.4, 0.5) is 5.69 Å². The molecule has 1 amide bonds. The third-order valence-electron chi connectivity index (χ3n) is 3.09. The number of hydrogen-bond acceptors (Lipinski definition) is 4. The summed E-state index contributed by atoms with van der Waals surface area (Å²) in [6.45, 7) is 0.433. The highest BCUT2D eigenvalue weighted by atomic mass is 16.5. The second kappa shape index (κ2) is 5.18. The van der Waals surface area contributed by atoms with Gasteiger partial charge in [0.1, 0.15) is 6.54 Å². The van der Waals surface area contributed by atoms with Gasteiger partial charge in [-0.2, -0.15) is 0 Å². The number of carbonyl (C=O) groups excluding carboxylic acids is 2. The van der Waals surface area contributed by atoms with Crippen molar-refractivity contribution in [2.24, 2.45) is 5.73 Å². The van der Waals surface area contributed by atoms with Crippen LogP contribution in [0, 0.1) is 0 Å². The van der Waals surface area contributed by atoms with Crippen LogP contribution in [0.5, 0.6) is 0 Å². The minimum atomic E-state index is -0.417. The molecule has 0 bridgehead atoms. The number of amides is 1. The fourth-order valence-electron chi connectivity index (χ4n) is 2.11. The molecule has 5 heteroatoms. The number of rotatable bonds is 3. The summed E-state index contributed by atoms with van der Waals surface area (Å²) < 4.78 is 4.61. The van der Waals surface area contributed by atoms with Crippen molar-refractivity contribution in [1.29, 1.82) is 0 Å². The quantitative estimate of drug-likeness (QED) is 0.795. The Morgan fingerprint density at radius 1 is 1.44 bits per heavy atom. The van der Waals surface area contributed by atoms with Crippen LogP contribution in [0.2, 0.25) is 0 Å². The Balaban J connectivity index is 2.32. The molecule has 1 aliphatic rings. The Morgan fingerprint density at radius 2 is 2.22 bits per heavy atom. The lowest BCUT2D eigenvalue weighted by atomic mass is 9.98. The molecule has 2 N–H and O–H groups in total. The first-order valence-electron chi connectivity index (χ1n) is 5.84. The monoisotopic (exact) mass is 248 g/mol. The van der Waals surface area contributed by atoms with E-state index in [2.05, 4.69) is 4.74 Å². The second-order valence-corrected chi connectivity index (χ2v) is 4.22. The first kappa shape index (κ1) is 12.6. The van der Waals surface area contributed by atoms with Crippen LogP contribution in [-0.4, -0.2) is 25.5 Å². The molecule has 96 valence electrons. The first-order valence-corrected chi connectivity index (χ1v) is 5.84. The van der Waals surface area contributed by atoms with Gasteiger partial charge in [0.25, 0.3) is 0 Å². The van der Waals surface area contributed by atoms with Gasteiger partial charge in [-0.1, -0.05) is 12.1 Å². The van der Waals surface area contributed by atoms with Crippen molar-refractivity contribution in [2.75, 3.05) is 18.6 Å². The number of ether oxygens (including phenoxy) is 1. The molecule has 2 rings (SSSR count). The number of esters is 1. The van der Waals surface area contributed by atoms with E-state index >= 15 is 0 Å². The maximum atomic E-state index is 11.9. The average Bonchev–Trinajstić information content (AvgIpc) is 2.41. The van der Waals surface area contributed by atoms with E-state index in [1.807, 2.05) is 18.2 Å². The molecule has 0 unspecified atom stereocenters. The third kappa shape index (κ3) is 2.36. The molecule has 1 aromatic rings. The molecule has 0 radical (unpaired) electrons. The third-order valence-corrected chi connectivity index (χ3v) is 3.09. The molecular formula is C13H16N2O3. The van der Waals surface area contributed by atoms with Crippen molar-refractivity contribution >= 4 is 17.6 Å². The lowest BCUT2D eigenvalue weighted by Gasteiger charge is -2.28. The summed E-state index contributed by atoms with van der Waals surface area (Å²) >= 11 is 0. The lowest BCUT2D eigenvalue weighted by molar-refractivity contribution is -0.140. The zero-order valence-electron chi connectivity index (χ0n) is 10.3. The van der Waals surface area contributed by atoms with E-state index in [-0.39, 0.29) is 12.5 Å². The molecule has 0 fully saturated rings. The maximum absolute atomic E-state index is 11.9. The van der Waals surface area contributed by atoms with Crippen LogP contribution in [0.25, 0.3) is 0 Å². The summed E-state index contributed by atoms with van der Waals surface area (Å²) in [5.41, 5.74) is 8.46. The van der Waals surface area contributed by atoms with E-state index in [9.17, 15) is 9.59 Å². The van der Waals surface area contributed by atoms with Crippen LogP contribution in [0.3, 0.4) is 0 Å². The van der Waals surface area contributed by atoms with Gasteiger partial charge in [0, 0.05) is 18.7 Å². The summed E-state index contributed by atoms with van der Waals surface area (Å²) in [6, 6.07) is 5.71. The van der Waals surface area contributed by atoms with E-state index < -0.39 is 5.97 Å². The molecule has 0 aliphatic carbocycles. The number of carbonyl (C=O) groups is 2. The predicted octanol–water partition coefficient (Wildman–Crippen LogP) is 0.597. The number of anilines is 1. The standard InChI is InChI=1S/C13H16N2O3/c1-18-13(17)8-15-11-4-2-9(7-14)6-10(11)3-5-12(15)16/h2,4,6H,3,5,7-8,14H2,1H3. The van der Waals surface area contributed by atoms with Crippen molar-refractivity contribution < 1.29 is 14.3 Å². The van der Waals surface area contributed by atoms with Crippen LogP contribution >= 0.6 is 0 Å². The number of aryl methyl sites for hydroxylation is 1. The molecule has 0 atom stereocenters. The molecule has 0 saturated carbocycles. The number of hydrogen-bond donors (Lipinski definition) is 1. The molecule has 1 aromatic carbocycles. The smallest absolute Gasteiger partial charge is 0.325 e. The minimum absolute atomic E-state index is 0.0374. The zero-order valence-corrected chi connectivity index (χ0v) is 10.3. The van der Waals surface area contributed by atoms with E-state index in [0.29, 0.717) is 19.4 Å². The Kier molecular flexibility index (Phi) is 3.62. The Hall–Kier alpha value is -1.88. The van der Waals surface area contributed by atoms with Crippen molar-refractivity contribution in [3.63, 3.8) is 0 Å². The highest BCUT2D eigenvalue weighted by Gasteiger charge is 2.26. The Labute approximate surface area is 106 Å². The summed E-state index contributed by atoms with van der Waals surface area (Å²) in [5.74, 6) is -0.465. The van der Waals surface area contributed by atoms with Gasteiger partial charge in [-0.3, -0.25) is 9.59 Å². The van der Waals surface area contributed by atoms with Crippen molar-refractivity contribution in [3.05, 3.63) is 29.3 Å². The number of methoxy groups -OCH3 is 1. The second-order valence-electron chi connectivity index (χ2n) is 4.22. The van der Waals surface area contributed by atoms with Crippen LogP contribution < -0.4 is 10.6 Å². The van der Waals surface area contributed by atoms with E-state index in [1.165, 1.54) is 12.0 Å². The van der Waals surface area contributed by atoms with Gasteiger partial charge in [-0.25, -0.2) is 0 Å². The number of nitrogens with two attached hydrogens (primary N) is 1. The highest BCUT2D eigenvalue weighted by Crippen LogP contribution is 2.28. The normalized spacial score (nSPS) is 14.3. The maximum Gasteiger partial charge on any atom is 0.325 e. The molecular weight excluding hydrogens is 232 g/mol. The summed E-state index contributed by atoms with van der Waals surface area (Å²) in [6.07, 6.45) is 1.11. The molecule has 1 heterocycles. The predicted molar refractivity (Wildman–Crippen MR) is 67.0 cm³/mol. The number of fused-ring (bicyclic) bond motifs is 1. The summed E-state index contributed by atoms with van der Waals surface area (Å²) in [5, 5.41) is 0. The fourth-order valence-corrected chi connectivity index (χ4v) is 2.11. The topological polar surface area (TPSA) is 72.6 Å². The van der Waals surface area contributed by atoms with Crippen molar-refractivity contribution in [3.8, 4) is 0 Å². The van der Waals surface area contributed by atoms with E-state index in [0.717, 1.165) is 16.8 Å². The molecule has 5 nitrogen and oxygen atoms in total. The zero-order chi connectivity index (χ0) is 13.1. The Bertz CT molecular complexity index is 485. The van der Waals surface area contributed by atoms with Crippen molar-refractivity contribution in [1.82, 2.24) is 0 Å². The summed E-state index contributed by atoms with van der Waals surface area (Å²) in [7, 11) is 1.31. The van der Waals surface area contributed by atoms with Crippen molar-refractivity contribution in [2.45, 2.75) is 19.4 Å². The molecule has 0 spiro atoms. The molecule has 0 saturated heterocycles. The van der Waals surface area contributed by atoms with Crippen LogP contribution in [0.15, 0.2) is 18.2 Å². The molecule has 0 aromatic heterocycles. The van der Waals surface area contributed by atoms with Gasteiger partial charge in [-0.05, 0) is 23.6 Å². The van der Waals surface area contributed by atoms with Gasteiger partial charge in [0.2, 0.25) is 5.91 Å². The Morgan fingerprint density at radius 3 is 2.89 bits per heavy atom. The van der Waals surface area contributed by atoms with E-state index in [1.54, 1.807) is 0 Å². The first-order chi connectivity index (χ1) is 8.65. The number of nitrogens with zero attached hydrogens (tertiary/aromatic N) is 1. The molecule has 18 heavy (non-hydrogen) atoms.